The van der Waals surface area contributed by atoms with E-state index in [-0.39, 0.29) is 12.5 Å². The second kappa shape index (κ2) is 9.44. The highest BCUT2D eigenvalue weighted by atomic mass is 16.5. The van der Waals surface area contributed by atoms with Crippen molar-refractivity contribution in [2.75, 3.05) is 32.9 Å². The van der Waals surface area contributed by atoms with E-state index >= 15 is 0 Å². The van der Waals surface area contributed by atoms with E-state index in [0.29, 0.717) is 32.1 Å². The van der Waals surface area contributed by atoms with Crippen molar-refractivity contribution in [1.82, 2.24) is 5.32 Å². The Morgan fingerprint density at radius 1 is 1.22 bits per heavy atom. The molecule has 0 saturated carbocycles. The lowest BCUT2D eigenvalue weighted by Gasteiger charge is -2.07. The van der Waals surface area contributed by atoms with Gasteiger partial charge in [-0.1, -0.05) is 18.2 Å². The van der Waals surface area contributed by atoms with Crippen LogP contribution in [0.4, 0.5) is 0 Å². The minimum Gasteiger partial charge on any atom is -0.484 e. The quantitative estimate of drug-likeness (QED) is 0.629. The van der Waals surface area contributed by atoms with Gasteiger partial charge in [-0.2, -0.15) is 0 Å². The average molecular weight is 252 g/mol. The number of ether oxygens (including phenoxy) is 2. The van der Waals surface area contributed by atoms with Gasteiger partial charge in [-0.3, -0.25) is 4.79 Å². The first-order valence-electron chi connectivity index (χ1n) is 6.05. The second-order valence-electron chi connectivity index (χ2n) is 3.71. The van der Waals surface area contributed by atoms with Crippen LogP contribution in [0.25, 0.3) is 0 Å². The molecule has 0 atom stereocenters. The summed E-state index contributed by atoms with van der Waals surface area (Å²) in [5.74, 6) is 0.566. The number of carbonyl (C=O) groups is 1. The fraction of sp³-hybridized carbons (Fsp3) is 0.462. The molecule has 0 spiro atoms. The van der Waals surface area contributed by atoms with Crippen LogP contribution >= 0.6 is 0 Å². The summed E-state index contributed by atoms with van der Waals surface area (Å²) in [5, 5.41) is 2.75. The van der Waals surface area contributed by atoms with Crippen LogP contribution in [0.3, 0.4) is 0 Å². The maximum Gasteiger partial charge on any atom is 0.257 e. The van der Waals surface area contributed by atoms with Gasteiger partial charge in [-0.25, -0.2) is 0 Å². The smallest absolute Gasteiger partial charge is 0.257 e. The van der Waals surface area contributed by atoms with E-state index in [0.717, 1.165) is 6.42 Å². The van der Waals surface area contributed by atoms with Crippen molar-refractivity contribution in [3.8, 4) is 5.75 Å². The van der Waals surface area contributed by atoms with Crippen LogP contribution < -0.4 is 15.8 Å². The van der Waals surface area contributed by atoms with Gasteiger partial charge in [0.2, 0.25) is 0 Å². The number of carbonyl (C=O) groups excluding carboxylic acids is 1. The maximum absolute atomic E-state index is 11.4. The van der Waals surface area contributed by atoms with Crippen LogP contribution in [0.2, 0.25) is 0 Å². The highest BCUT2D eigenvalue weighted by Gasteiger charge is 2.01. The number of para-hydroxylation sites is 1. The van der Waals surface area contributed by atoms with Crippen molar-refractivity contribution in [1.29, 1.82) is 0 Å². The van der Waals surface area contributed by atoms with Crippen LogP contribution in [-0.2, 0) is 9.53 Å². The third-order valence-electron chi connectivity index (χ3n) is 2.16. The summed E-state index contributed by atoms with van der Waals surface area (Å²) in [6.45, 7) is 2.31. The summed E-state index contributed by atoms with van der Waals surface area (Å²) in [6.07, 6.45) is 0.775. The topological polar surface area (TPSA) is 73.6 Å². The predicted molar refractivity (Wildman–Crippen MR) is 69.4 cm³/mol. The third-order valence-corrected chi connectivity index (χ3v) is 2.16. The number of hydrogen-bond donors (Lipinski definition) is 2. The third kappa shape index (κ3) is 6.88. The molecule has 3 N–H and O–H groups in total. The number of rotatable bonds is 9. The van der Waals surface area contributed by atoms with Gasteiger partial charge in [0.25, 0.3) is 5.91 Å². The number of amides is 1. The molecule has 0 aliphatic carbocycles. The summed E-state index contributed by atoms with van der Waals surface area (Å²) in [5.41, 5.74) is 5.28. The van der Waals surface area contributed by atoms with Crippen LogP contribution in [0, 0.1) is 0 Å². The van der Waals surface area contributed by atoms with Gasteiger partial charge >= 0.3 is 0 Å². The normalized spacial score (nSPS) is 10.1. The van der Waals surface area contributed by atoms with Gasteiger partial charge in [0.05, 0.1) is 6.61 Å². The monoisotopic (exact) mass is 252 g/mol. The Hall–Kier alpha value is -1.59. The van der Waals surface area contributed by atoms with Gasteiger partial charge in [0, 0.05) is 19.7 Å². The molecule has 0 unspecified atom stereocenters. The van der Waals surface area contributed by atoms with Gasteiger partial charge in [-0.05, 0) is 18.6 Å². The predicted octanol–water partition coefficient (Wildman–Crippen LogP) is 0.547. The molecular formula is C13H20N2O3. The first-order valence-corrected chi connectivity index (χ1v) is 6.05. The van der Waals surface area contributed by atoms with Crippen molar-refractivity contribution in [2.24, 2.45) is 5.73 Å². The van der Waals surface area contributed by atoms with Crippen LogP contribution in [-0.4, -0.2) is 38.8 Å². The Kier molecular flexibility index (Phi) is 7.59. The molecule has 0 aliphatic heterocycles. The van der Waals surface area contributed by atoms with Crippen molar-refractivity contribution in [2.45, 2.75) is 6.42 Å². The maximum atomic E-state index is 11.4. The van der Waals surface area contributed by atoms with Crippen molar-refractivity contribution < 1.29 is 14.3 Å². The molecule has 0 heterocycles. The molecule has 0 aliphatic rings. The van der Waals surface area contributed by atoms with E-state index < -0.39 is 0 Å². The molecule has 5 heteroatoms. The average Bonchev–Trinajstić information content (AvgIpc) is 2.41. The number of hydrogen-bond acceptors (Lipinski definition) is 4. The molecule has 1 aromatic carbocycles. The Labute approximate surface area is 107 Å². The lowest BCUT2D eigenvalue weighted by molar-refractivity contribution is -0.123. The van der Waals surface area contributed by atoms with E-state index in [9.17, 15) is 4.79 Å². The molecule has 0 saturated heterocycles. The fourth-order valence-electron chi connectivity index (χ4n) is 1.30. The zero-order valence-corrected chi connectivity index (χ0v) is 10.4. The Morgan fingerprint density at radius 3 is 2.72 bits per heavy atom. The highest BCUT2D eigenvalue weighted by Crippen LogP contribution is 2.07. The Morgan fingerprint density at radius 2 is 2.00 bits per heavy atom. The van der Waals surface area contributed by atoms with E-state index in [1.54, 1.807) is 0 Å². The van der Waals surface area contributed by atoms with E-state index in [4.69, 9.17) is 15.2 Å². The van der Waals surface area contributed by atoms with Crippen molar-refractivity contribution in [3.05, 3.63) is 30.3 Å². The van der Waals surface area contributed by atoms with Gasteiger partial charge < -0.3 is 20.5 Å². The van der Waals surface area contributed by atoms with Crippen LogP contribution in [0.1, 0.15) is 6.42 Å². The summed E-state index contributed by atoms with van der Waals surface area (Å²) >= 11 is 0. The SMILES string of the molecule is NCCOCCCNC(=O)COc1ccccc1. The molecule has 1 aromatic rings. The molecule has 0 aromatic heterocycles. The molecule has 18 heavy (non-hydrogen) atoms. The molecule has 0 radical (unpaired) electrons. The largest absolute Gasteiger partial charge is 0.484 e. The zero-order valence-electron chi connectivity index (χ0n) is 10.4. The summed E-state index contributed by atoms with van der Waals surface area (Å²) in [6, 6.07) is 9.25. The lowest BCUT2D eigenvalue weighted by Crippen LogP contribution is -2.30. The van der Waals surface area contributed by atoms with Crippen LogP contribution in [0.5, 0.6) is 5.75 Å². The standard InChI is InChI=1S/C13H20N2O3/c14-7-10-17-9-4-8-15-13(16)11-18-12-5-2-1-3-6-12/h1-3,5-6H,4,7-11,14H2,(H,15,16). The summed E-state index contributed by atoms with van der Waals surface area (Å²) in [4.78, 5) is 11.4. The highest BCUT2D eigenvalue weighted by molar-refractivity contribution is 5.77. The first-order chi connectivity index (χ1) is 8.83. The van der Waals surface area contributed by atoms with E-state index in [1.165, 1.54) is 0 Å². The van der Waals surface area contributed by atoms with Crippen molar-refractivity contribution in [3.63, 3.8) is 0 Å². The van der Waals surface area contributed by atoms with Crippen molar-refractivity contribution >= 4 is 5.91 Å². The molecule has 5 nitrogen and oxygen atoms in total. The zero-order chi connectivity index (χ0) is 13.1. The number of nitrogens with two attached hydrogens (primary N) is 1. The first kappa shape index (κ1) is 14.5. The summed E-state index contributed by atoms with van der Waals surface area (Å²) in [7, 11) is 0. The Bertz CT molecular complexity index is 330. The summed E-state index contributed by atoms with van der Waals surface area (Å²) < 4.78 is 10.5. The molecule has 0 bridgehead atoms. The molecule has 100 valence electrons. The van der Waals surface area contributed by atoms with Gasteiger partial charge in [0.15, 0.2) is 6.61 Å². The van der Waals surface area contributed by atoms with Crippen LogP contribution in [0.15, 0.2) is 30.3 Å². The molecule has 1 amide bonds. The van der Waals surface area contributed by atoms with Gasteiger partial charge in [-0.15, -0.1) is 0 Å². The molecular weight excluding hydrogens is 232 g/mol. The van der Waals surface area contributed by atoms with E-state index in [2.05, 4.69) is 5.32 Å². The fourth-order valence-corrected chi connectivity index (χ4v) is 1.30. The van der Waals surface area contributed by atoms with Gasteiger partial charge in [0.1, 0.15) is 5.75 Å². The Balaban J connectivity index is 2.01. The second-order valence-corrected chi connectivity index (χ2v) is 3.71. The van der Waals surface area contributed by atoms with E-state index in [1.807, 2.05) is 30.3 Å². The minimum atomic E-state index is -0.127. The minimum absolute atomic E-state index is 0.0354. The lowest BCUT2D eigenvalue weighted by atomic mass is 10.3. The molecule has 0 fully saturated rings. The number of benzene rings is 1. The number of nitrogens with one attached hydrogen (secondary N) is 1. The molecule has 1 rings (SSSR count).